The van der Waals surface area contributed by atoms with Crippen LogP contribution in [0.5, 0.6) is 0 Å². The van der Waals surface area contributed by atoms with Crippen molar-refractivity contribution in [2.24, 2.45) is 7.05 Å². The maximum absolute atomic E-state index is 6.01. The Bertz CT molecular complexity index is 1050. The fourth-order valence-electron chi connectivity index (χ4n) is 2.74. The van der Waals surface area contributed by atoms with Crippen LogP contribution in [-0.4, -0.2) is 24.7 Å². The van der Waals surface area contributed by atoms with Gasteiger partial charge in [-0.05, 0) is 36.8 Å². The molecule has 0 N–H and O–H groups in total. The van der Waals surface area contributed by atoms with Crippen LogP contribution in [-0.2, 0) is 7.05 Å². The first-order chi connectivity index (χ1) is 11.6. The molecule has 0 atom stereocenters. The lowest BCUT2D eigenvalue weighted by atomic mass is 10.0. The Labute approximate surface area is 144 Å². The largest absolute Gasteiger partial charge is 0.275 e. The van der Waals surface area contributed by atoms with Gasteiger partial charge in [0.2, 0.25) is 0 Å². The molecule has 0 aliphatic carbocycles. The lowest BCUT2D eigenvalue weighted by Crippen LogP contribution is -1.91. The van der Waals surface area contributed by atoms with Gasteiger partial charge in [-0.3, -0.25) is 14.6 Å². The van der Waals surface area contributed by atoms with Gasteiger partial charge in [-0.15, -0.1) is 0 Å². The van der Waals surface area contributed by atoms with Crippen LogP contribution in [0.25, 0.3) is 33.4 Å². The Morgan fingerprint density at radius 3 is 2.75 bits per heavy atom. The van der Waals surface area contributed by atoms with E-state index < -0.39 is 0 Å². The lowest BCUT2D eigenvalue weighted by molar-refractivity contribution is 0.770. The van der Waals surface area contributed by atoms with Crippen LogP contribution >= 0.6 is 11.6 Å². The number of aryl methyl sites for hydroxylation is 2. The molecule has 4 aromatic heterocycles. The van der Waals surface area contributed by atoms with Gasteiger partial charge in [-0.1, -0.05) is 11.6 Å². The minimum atomic E-state index is 0.455. The van der Waals surface area contributed by atoms with E-state index in [2.05, 4.69) is 27.0 Å². The summed E-state index contributed by atoms with van der Waals surface area (Å²) in [5.41, 5.74) is 6.52. The second-order valence-electron chi connectivity index (χ2n) is 5.65. The SMILES string of the molecule is Cc1ccncc1-c1nn(C)cc1-c1cnc2ccc(Cl)nc2c1. The first kappa shape index (κ1) is 14.8. The van der Waals surface area contributed by atoms with Crippen LogP contribution in [0.3, 0.4) is 0 Å². The predicted octanol–water partition coefficient (Wildman–Crippen LogP) is 4.05. The van der Waals surface area contributed by atoms with Crippen LogP contribution < -0.4 is 0 Å². The van der Waals surface area contributed by atoms with Gasteiger partial charge in [-0.2, -0.15) is 5.10 Å². The van der Waals surface area contributed by atoms with E-state index in [9.17, 15) is 0 Å². The molecule has 0 fully saturated rings. The number of pyridine rings is 3. The quantitative estimate of drug-likeness (QED) is 0.518. The highest BCUT2D eigenvalue weighted by atomic mass is 35.5. The molecule has 5 nitrogen and oxygen atoms in total. The molecule has 0 unspecified atom stereocenters. The fraction of sp³-hybridized carbons (Fsp3) is 0.111. The highest BCUT2D eigenvalue weighted by molar-refractivity contribution is 6.29. The third-order valence-electron chi connectivity index (χ3n) is 3.94. The molecular formula is C18H14ClN5. The molecule has 0 amide bonds. The van der Waals surface area contributed by atoms with Gasteiger partial charge in [0, 0.05) is 48.5 Å². The molecular weight excluding hydrogens is 322 g/mol. The summed E-state index contributed by atoms with van der Waals surface area (Å²) >= 11 is 6.01. The summed E-state index contributed by atoms with van der Waals surface area (Å²) in [5, 5.41) is 5.07. The van der Waals surface area contributed by atoms with E-state index in [0.717, 1.165) is 39.0 Å². The molecule has 24 heavy (non-hydrogen) atoms. The molecule has 4 aromatic rings. The number of hydrogen-bond donors (Lipinski definition) is 0. The van der Waals surface area contributed by atoms with Gasteiger partial charge < -0.3 is 0 Å². The monoisotopic (exact) mass is 335 g/mol. The molecule has 0 aromatic carbocycles. The molecule has 0 saturated carbocycles. The molecule has 0 saturated heterocycles. The summed E-state index contributed by atoms with van der Waals surface area (Å²) in [6.07, 6.45) is 7.44. The molecule has 0 aliphatic heterocycles. The van der Waals surface area contributed by atoms with Crippen molar-refractivity contribution in [1.29, 1.82) is 0 Å². The Hall–Kier alpha value is -2.79. The molecule has 4 heterocycles. The summed E-state index contributed by atoms with van der Waals surface area (Å²) < 4.78 is 1.80. The number of nitrogens with zero attached hydrogens (tertiary/aromatic N) is 5. The van der Waals surface area contributed by atoms with Crippen molar-refractivity contribution in [1.82, 2.24) is 24.7 Å². The van der Waals surface area contributed by atoms with Crippen molar-refractivity contribution in [3.8, 4) is 22.4 Å². The van der Waals surface area contributed by atoms with E-state index in [1.54, 1.807) is 16.9 Å². The lowest BCUT2D eigenvalue weighted by Gasteiger charge is -2.06. The van der Waals surface area contributed by atoms with Crippen molar-refractivity contribution in [2.45, 2.75) is 6.92 Å². The second kappa shape index (κ2) is 5.69. The average molecular weight is 336 g/mol. The maximum Gasteiger partial charge on any atom is 0.129 e. The molecule has 118 valence electrons. The summed E-state index contributed by atoms with van der Waals surface area (Å²) in [5.74, 6) is 0. The fourth-order valence-corrected chi connectivity index (χ4v) is 2.89. The van der Waals surface area contributed by atoms with Gasteiger partial charge in [0.1, 0.15) is 10.8 Å². The molecule has 6 heteroatoms. The Morgan fingerprint density at radius 1 is 1.04 bits per heavy atom. The maximum atomic E-state index is 6.01. The number of hydrogen-bond acceptors (Lipinski definition) is 4. The van der Waals surface area contributed by atoms with Crippen molar-refractivity contribution in [3.63, 3.8) is 0 Å². The van der Waals surface area contributed by atoms with Crippen LogP contribution in [0.4, 0.5) is 0 Å². The highest BCUT2D eigenvalue weighted by Gasteiger charge is 2.15. The second-order valence-corrected chi connectivity index (χ2v) is 6.04. The summed E-state index contributed by atoms with van der Waals surface area (Å²) in [4.78, 5) is 13.1. The number of fused-ring (bicyclic) bond motifs is 1. The van der Waals surface area contributed by atoms with E-state index in [4.69, 9.17) is 11.6 Å². The number of rotatable bonds is 2. The predicted molar refractivity (Wildman–Crippen MR) is 94.7 cm³/mol. The van der Waals surface area contributed by atoms with Gasteiger partial charge in [0.15, 0.2) is 0 Å². The van der Waals surface area contributed by atoms with E-state index in [0.29, 0.717) is 5.15 Å². The van der Waals surface area contributed by atoms with Gasteiger partial charge in [-0.25, -0.2) is 4.98 Å². The number of aromatic nitrogens is 5. The van der Waals surface area contributed by atoms with Crippen LogP contribution in [0.15, 0.2) is 49.1 Å². The zero-order chi connectivity index (χ0) is 16.7. The van der Waals surface area contributed by atoms with Gasteiger partial charge in [0.05, 0.1) is 11.0 Å². The van der Waals surface area contributed by atoms with E-state index >= 15 is 0 Å². The third kappa shape index (κ3) is 2.53. The van der Waals surface area contributed by atoms with E-state index in [1.807, 2.05) is 43.8 Å². The van der Waals surface area contributed by atoms with Crippen LogP contribution in [0.1, 0.15) is 5.56 Å². The zero-order valence-electron chi connectivity index (χ0n) is 13.2. The minimum absolute atomic E-state index is 0.455. The third-order valence-corrected chi connectivity index (χ3v) is 4.15. The van der Waals surface area contributed by atoms with Crippen LogP contribution in [0, 0.1) is 6.92 Å². The summed E-state index contributed by atoms with van der Waals surface area (Å²) in [7, 11) is 1.91. The summed E-state index contributed by atoms with van der Waals surface area (Å²) in [6, 6.07) is 7.57. The molecule has 0 spiro atoms. The number of halogens is 1. The summed E-state index contributed by atoms with van der Waals surface area (Å²) in [6.45, 7) is 2.05. The van der Waals surface area contributed by atoms with E-state index in [-0.39, 0.29) is 0 Å². The topological polar surface area (TPSA) is 56.5 Å². The Morgan fingerprint density at radius 2 is 1.92 bits per heavy atom. The first-order valence-corrected chi connectivity index (χ1v) is 7.87. The van der Waals surface area contributed by atoms with Crippen molar-refractivity contribution < 1.29 is 0 Å². The van der Waals surface area contributed by atoms with E-state index in [1.165, 1.54) is 0 Å². The average Bonchev–Trinajstić information content (AvgIpc) is 2.96. The standard InChI is InChI=1S/C18H14ClN5/c1-11-5-6-20-9-13(11)18-14(10-24(2)23-18)12-7-16-15(21-8-12)3-4-17(19)22-16/h3-10H,1-2H3. The van der Waals surface area contributed by atoms with Crippen LogP contribution in [0.2, 0.25) is 5.15 Å². The molecule has 0 radical (unpaired) electrons. The van der Waals surface area contributed by atoms with Crippen molar-refractivity contribution in [3.05, 3.63) is 59.8 Å². The Balaban J connectivity index is 1.93. The molecule has 0 bridgehead atoms. The highest BCUT2D eigenvalue weighted by Crippen LogP contribution is 2.32. The molecule has 0 aliphatic rings. The molecule has 4 rings (SSSR count). The smallest absolute Gasteiger partial charge is 0.129 e. The van der Waals surface area contributed by atoms with Crippen molar-refractivity contribution in [2.75, 3.05) is 0 Å². The first-order valence-electron chi connectivity index (χ1n) is 7.49. The van der Waals surface area contributed by atoms with Crippen molar-refractivity contribution >= 4 is 22.6 Å². The van der Waals surface area contributed by atoms with Gasteiger partial charge in [0.25, 0.3) is 0 Å². The Kier molecular flexibility index (Phi) is 3.50. The minimum Gasteiger partial charge on any atom is -0.275 e. The van der Waals surface area contributed by atoms with Gasteiger partial charge >= 0.3 is 0 Å². The normalized spacial score (nSPS) is 11.1. The zero-order valence-corrected chi connectivity index (χ0v) is 14.0.